The van der Waals surface area contributed by atoms with E-state index in [2.05, 4.69) is 15.9 Å². The highest BCUT2D eigenvalue weighted by molar-refractivity contribution is 9.10. The molecule has 1 aromatic rings. The quantitative estimate of drug-likeness (QED) is 0.890. The zero-order valence-corrected chi connectivity index (χ0v) is 9.37. The third-order valence-corrected chi connectivity index (χ3v) is 2.25. The van der Waals surface area contributed by atoms with E-state index in [-0.39, 0.29) is 12.1 Å². The Labute approximate surface area is 86.4 Å². The van der Waals surface area contributed by atoms with Crippen molar-refractivity contribution in [3.63, 3.8) is 0 Å². The summed E-state index contributed by atoms with van der Waals surface area (Å²) in [7, 11) is 0. The van der Waals surface area contributed by atoms with Gasteiger partial charge in [-0.2, -0.15) is 0 Å². The lowest BCUT2D eigenvalue weighted by Gasteiger charge is -2.12. The minimum atomic E-state index is -0.202. The number of hydrogen-bond acceptors (Lipinski definition) is 3. The molecule has 3 nitrogen and oxygen atoms in total. The Hall–Kier alpha value is -0.320. The molecule has 1 rings (SSSR count). The molecule has 0 aliphatic rings. The molecule has 0 saturated carbocycles. The molecule has 0 radical (unpaired) electrons. The molecule has 1 aromatic heterocycles. The standard InChI is InChI=1S/C9H14BrNO2/c1-6(2)13-5-8(11)9-7(10)3-4-12-9/h3-4,6,8H,5,11H2,1-2H3. The second-order valence-corrected chi connectivity index (χ2v) is 3.98. The van der Waals surface area contributed by atoms with Crippen LogP contribution >= 0.6 is 15.9 Å². The number of halogens is 1. The van der Waals surface area contributed by atoms with Crippen LogP contribution in [-0.4, -0.2) is 12.7 Å². The predicted molar refractivity (Wildman–Crippen MR) is 54.4 cm³/mol. The summed E-state index contributed by atoms with van der Waals surface area (Å²) >= 11 is 3.34. The normalized spacial score (nSPS) is 13.6. The van der Waals surface area contributed by atoms with E-state index < -0.39 is 0 Å². The lowest BCUT2D eigenvalue weighted by Crippen LogP contribution is -2.19. The third kappa shape index (κ3) is 3.14. The number of furan rings is 1. The molecule has 1 atom stereocenters. The van der Waals surface area contributed by atoms with Gasteiger partial charge in [-0.1, -0.05) is 0 Å². The maximum atomic E-state index is 5.84. The summed E-state index contributed by atoms with van der Waals surface area (Å²) in [6.07, 6.45) is 1.80. The van der Waals surface area contributed by atoms with Gasteiger partial charge >= 0.3 is 0 Å². The van der Waals surface area contributed by atoms with Crippen molar-refractivity contribution in [1.29, 1.82) is 0 Å². The second kappa shape index (κ2) is 4.79. The van der Waals surface area contributed by atoms with Gasteiger partial charge in [0.05, 0.1) is 29.5 Å². The van der Waals surface area contributed by atoms with Crippen LogP contribution in [0.3, 0.4) is 0 Å². The fourth-order valence-electron chi connectivity index (χ4n) is 0.942. The smallest absolute Gasteiger partial charge is 0.136 e. The highest BCUT2D eigenvalue weighted by atomic mass is 79.9. The molecule has 4 heteroatoms. The van der Waals surface area contributed by atoms with Crippen LogP contribution in [-0.2, 0) is 4.74 Å². The SMILES string of the molecule is CC(C)OCC(N)c1occc1Br. The zero-order chi connectivity index (χ0) is 9.84. The van der Waals surface area contributed by atoms with Gasteiger partial charge < -0.3 is 14.9 Å². The van der Waals surface area contributed by atoms with Gasteiger partial charge in [0.2, 0.25) is 0 Å². The molecule has 0 saturated heterocycles. The van der Waals surface area contributed by atoms with Crippen molar-refractivity contribution in [1.82, 2.24) is 0 Å². The first-order valence-electron chi connectivity index (χ1n) is 4.21. The molecule has 1 heterocycles. The van der Waals surface area contributed by atoms with E-state index in [9.17, 15) is 0 Å². The van der Waals surface area contributed by atoms with Gasteiger partial charge in [-0.05, 0) is 35.8 Å². The maximum absolute atomic E-state index is 5.84. The van der Waals surface area contributed by atoms with Crippen molar-refractivity contribution in [2.24, 2.45) is 5.73 Å². The molecule has 74 valence electrons. The Morgan fingerprint density at radius 1 is 1.62 bits per heavy atom. The summed E-state index contributed by atoms with van der Waals surface area (Å²) in [5, 5.41) is 0. The number of ether oxygens (including phenoxy) is 1. The van der Waals surface area contributed by atoms with Crippen molar-refractivity contribution in [3.8, 4) is 0 Å². The lowest BCUT2D eigenvalue weighted by molar-refractivity contribution is 0.0645. The van der Waals surface area contributed by atoms with Crippen LogP contribution in [0.25, 0.3) is 0 Å². The molecule has 0 spiro atoms. The Kier molecular flexibility index (Phi) is 3.96. The Balaban J connectivity index is 2.49. The van der Waals surface area contributed by atoms with Gasteiger partial charge in [0.15, 0.2) is 0 Å². The molecule has 1 unspecified atom stereocenters. The fraction of sp³-hybridized carbons (Fsp3) is 0.556. The summed E-state index contributed by atoms with van der Waals surface area (Å²) in [6, 6.07) is 1.62. The van der Waals surface area contributed by atoms with E-state index >= 15 is 0 Å². The molecule has 13 heavy (non-hydrogen) atoms. The Morgan fingerprint density at radius 3 is 2.77 bits per heavy atom. The molecule has 0 amide bonds. The number of hydrogen-bond donors (Lipinski definition) is 1. The van der Waals surface area contributed by atoms with Crippen LogP contribution in [0, 0.1) is 0 Å². The molecule has 0 aromatic carbocycles. The molecule has 0 fully saturated rings. The number of rotatable bonds is 4. The monoisotopic (exact) mass is 247 g/mol. The minimum Gasteiger partial charge on any atom is -0.466 e. The van der Waals surface area contributed by atoms with Gasteiger partial charge in [0, 0.05) is 0 Å². The molecule has 2 N–H and O–H groups in total. The van der Waals surface area contributed by atoms with E-state index in [4.69, 9.17) is 14.9 Å². The van der Waals surface area contributed by atoms with Crippen molar-refractivity contribution in [3.05, 3.63) is 22.6 Å². The average molecular weight is 248 g/mol. The zero-order valence-electron chi connectivity index (χ0n) is 7.79. The minimum absolute atomic E-state index is 0.194. The summed E-state index contributed by atoms with van der Waals surface area (Å²) < 4.78 is 11.5. The van der Waals surface area contributed by atoms with Crippen LogP contribution in [0.15, 0.2) is 21.2 Å². The summed E-state index contributed by atoms with van der Waals surface area (Å²) in [5.41, 5.74) is 5.84. The molecule has 0 aliphatic heterocycles. The van der Waals surface area contributed by atoms with Gasteiger partial charge in [-0.3, -0.25) is 0 Å². The molecule has 0 bridgehead atoms. The van der Waals surface area contributed by atoms with Crippen LogP contribution in [0.2, 0.25) is 0 Å². The van der Waals surface area contributed by atoms with E-state index in [0.717, 1.165) is 10.2 Å². The lowest BCUT2D eigenvalue weighted by atomic mass is 10.2. The second-order valence-electron chi connectivity index (χ2n) is 3.12. The van der Waals surface area contributed by atoms with E-state index in [1.54, 1.807) is 6.26 Å². The van der Waals surface area contributed by atoms with Crippen molar-refractivity contribution in [2.75, 3.05) is 6.61 Å². The molecular formula is C9H14BrNO2. The van der Waals surface area contributed by atoms with Crippen molar-refractivity contribution in [2.45, 2.75) is 26.0 Å². The first-order valence-corrected chi connectivity index (χ1v) is 5.00. The van der Waals surface area contributed by atoms with Gasteiger partial charge in [0.25, 0.3) is 0 Å². The Bertz CT molecular complexity index is 260. The topological polar surface area (TPSA) is 48.4 Å². The first kappa shape index (κ1) is 10.8. The maximum Gasteiger partial charge on any atom is 0.136 e. The van der Waals surface area contributed by atoms with Crippen LogP contribution in [0.5, 0.6) is 0 Å². The third-order valence-electron chi connectivity index (χ3n) is 1.59. The summed E-state index contributed by atoms with van der Waals surface area (Å²) in [5.74, 6) is 0.737. The molecule has 0 aliphatic carbocycles. The van der Waals surface area contributed by atoms with Crippen LogP contribution in [0.4, 0.5) is 0 Å². The van der Waals surface area contributed by atoms with Crippen molar-refractivity contribution >= 4 is 15.9 Å². The van der Waals surface area contributed by atoms with Crippen LogP contribution < -0.4 is 5.73 Å². The van der Waals surface area contributed by atoms with E-state index in [1.807, 2.05) is 19.9 Å². The fourth-order valence-corrected chi connectivity index (χ4v) is 1.44. The number of nitrogens with two attached hydrogens (primary N) is 1. The van der Waals surface area contributed by atoms with Gasteiger partial charge in [-0.25, -0.2) is 0 Å². The van der Waals surface area contributed by atoms with Crippen molar-refractivity contribution < 1.29 is 9.15 Å². The van der Waals surface area contributed by atoms with E-state index in [0.29, 0.717) is 6.61 Å². The van der Waals surface area contributed by atoms with E-state index in [1.165, 1.54) is 0 Å². The summed E-state index contributed by atoms with van der Waals surface area (Å²) in [4.78, 5) is 0. The highest BCUT2D eigenvalue weighted by Gasteiger charge is 2.13. The predicted octanol–water partition coefficient (Wildman–Crippen LogP) is 2.47. The van der Waals surface area contributed by atoms with Gasteiger partial charge in [0.1, 0.15) is 5.76 Å². The van der Waals surface area contributed by atoms with Crippen LogP contribution in [0.1, 0.15) is 25.6 Å². The Morgan fingerprint density at radius 2 is 2.31 bits per heavy atom. The first-order chi connectivity index (χ1) is 6.11. The van der Waals surface area contributed by atoms with Gasteiger partial charge in [-0.15, -0.1) is 0 Å². The average Bonchev–Trinajstić information content (AvgIpc) is 2.47. The summed E-state index contributed by atoms with van der Waals surface area (Å²) in [6.45, 7) is 4.43. The molecular weight excluding hydrogens is 234 g/mol. The highest BCUT2D eigenvalue weighted by Crippen LogP contribution is 2.23. The largest absolute Gasteiger partial charge is 0.466 e.